The predicted octanol–water partition coefficient (Wildman–Crippen LogP) is 2.50. The lowest BCUT2D eigenvalue weighted by molar-refractivity contribution is -0.118. The Bertz CT molecular complexity index is 1350. The molecular weight excluding hydrogens is 450 g/mol. The minimum absolute atomic E-state index is 0.0219. The molecule has 0 spiro atoms. The summed E-state index contributed by atoms with van der Waals surface area (Å²) in [6, 6.07) is 6.73. The van der Waals surface area contributed by atoms with Crippen LogP contribution in [0.1, 0.15) is 48.1 Å². The van der Waals surface area contributed by atoms with E-state index in [9.17, 15) is 9.59 Å². The number of nitrogens with zero attached hydrogens (tertiary/aromatic N) is 3. The molecule has 2 amide bonds. The van der Waals surface area contributed by atoms with E-state index in [1.165, 1.54) is 10.6 Å². The van der Waals surface area contributed by atoms with Gasteiger partial charge in [-0.25, -0.2) is 9.50 Å². The molecule has 35 heavy (non-hydrogen) atoms. The van der Waals surface area contributed by atoms with E-state index in [-0.39, 0.29) is 47.8 Å². The molecular formula is C24H27N7O4. The van der Waals surface area contributed by atoms with Crippen LogP contribution in [0, 0.1) is 12.3 Å². The van der Waals surface area contributed by atoms with E-state index in [4.69, 9.17) is 14.9 Å². The Kier molecular flexibility index (Phi) is 6.16. The normalized spacial score (nSPS) is 12.9. The van der Waals surface area contributed by atoms with Crippen LogP contribution in [-0.4, -0.2) is 44.5 Å². The second kappa shape index (κ2) is 9.09. The molecule has 0 atom stereocenters. The summed E-state index contributed by atoms with van der Waals surface area (Å²) < 4.78 is 12.4. The number of ether oxygens (including phenoxy) is 2. The maximum Gasteiger partial charge on any atom is 0.270 e. The average molecular weight is 478 g/mol. The second-order valence-electron chi connectivity index (χ2n) is 9.17. The molecule has 0 fully saturated rings. The van der Waals surface area contributed by atoms with Gasteiger partial charge in [0.15, 0.2) is 18.1 Å². The summed E-state index contributed by atoms with van der Waals surface area (Å²) in [7, 11) is 0. The van der Waals surface area contributed by atoms with Gasteiger partial charge >= 0.3 is 0 Å². The van der Waals surface area contributed by atoms with Crippen LogP contribution < -0.4 is 20.7 Å². The molecule has 182 valence electrons. The summed E-state index contributed by atoms with van der Waals surface area (Å²) in [5.74, 6) is -0.127. The van der Waals surface area contributed by atoms with Crippen molar-refractivity contribution in [2.45, 2.75) is 39.8 Å². The maximum absolute atomic E-state index is 13.0. The fraction of sp³-hybridized carbons (Fsp3) is 0.292. The van der Waals surface area contributed by atoms with Gasteiger partial charge in [0.2, 0.25) is 5.90 Å². The van der Waals surface area contributed by atoms with Crippen molar-refractivity contribution in [2.24, 2.45) is 0 Å². The lowest BCUT2D eigenvalue weighted by Crippen LogP contribution is -2.36. The predicted molar refractivity (Wildman–Crippen MR) is 129 cm³/mol. The highest BCUT2D eigenvalue weighted by Gasteiger charge is 2.20. The Morgan fingerprint density at radius 1 is 1.34 bits per heavy atom. The molecule has 0 radical (unpaired) electrons. The Hall–Kier alpha value is -4.41. The van der Waals surface area contributed by atoms with Gasteiger partial charge in [-0.3, -0.25) is 15.0 Å². The fourth-order valence-electron chi connectivity index (χ4n) is 3.48. The summed E-state index contributed by atoms with van der Waals surface area (Å²) in [4.78, 5) is 29.0. The molecule has 11 heteroatoms. The van der Waals surface area contributed by atoms with Crippen molar-refractivity contribution < 1.29 is 19.1 Å². The number of amides is 2. The van der Waals surface area contributed by atoms with Gasteiger partial charge in [-0.15, -0.1) is 0 Å². The first kappa shape index (κ1) is 23.7. The lowest BCUT2D eigenvalue weighted by Gasteiger charge is -2.23. The molecule has 3 heterocycles. The molecule has 0 aliphatic carbocycles. The van der Waals surface area contributed by atoms with Crippen molar-refractivity contribution in [1.82, 2.24) is 25.2 Å². The van der Waals surface area contributed by atoms with Crippen LogP contribution >= 0.6 is 0 Å². The zero-order valence-electron chi connectivity index (χ0n) is 20.0. The van der Waals surface area contributed by atoms with E-state index in [2.05, 4.69) is 32.6 Å². The standard InChI is InChI=1S/C24H27N7O4/c1-13-10-27-31-18(21(25)35-14(2)30-24(3,4)5)9-17(29-22(13)31)23(33)26-11-15-6-7-19-16(8-15)28-20(32)12-34-19/h6-10,25,30H,2,11-12H2,1,3-5H3,(H,26,33)(H,28,32). The largest absolute Gasteiger partial charge is 0.482 e. The Balaban J connectivity index is 1.54. The van der Waals surface area contributed by atoms with Gasteiger partial charge in [-0.05, 0) is 52.0 Å². The van der Waals surface area contributed by atoms with Crippen LogP contribution in [0.4, 0.5) is 5.69 Å². The van der Waals surface area contributed by atoms with E-state index in [1.54, 1.807) is 24.4 Å². The van der Waals surface area contributed by atoms with E-state index < -0.39 is 5.91 Å². The van der Waals surface area contributed by atoms with Crippen molar-refractivity contribution >= 4 is 29.0 Å². The molecule has 11 nitrogen and oxygen atoms in total. The molecule has 4 N–H and O–H groups in total. The summed E-state index contributed by atoms with van der Waals surface area (Å²) in [5, 5.41) is 21.3. The number of fused-ring (bicyclic) bond motifs is 2. The van der Waals surface area contributed by atoms with E-state index in [1.807, 2.05) is 27.7 Å². The number of hydrogen-bond donors (Lipinski definition) is 4. The molecule has 4 rings (SSSR count). The van der Waals surface area contributed by atoms with Gasteiger partial charge in [-0.1, -0.05) is 6.07 Å². The number of hydrogen-bond acceptors (Lipinski definition) is 8. The topological polar surface area (TPSA) is 143 Å². The first-order valence-electron chi connectivity index (χ1n) is 10.9. The van der Waals surface area contributed by atoms with Crippen molar-refractivity contribution in [3.8, 4) is 5.75 Å². The molecule has 0 saturated heterocycles. The highest BCUT2D eigenvalue weighted by atomic mass is 16.5. The fourth-order valence-corrected chi connectivity index (χ4v) is 3.48. The molecule has 0 bridgehead atoms. The van der Waals surface area contributed by atoms with Crippen LogP contribution in [0.5, 0.6) is 5.75 Å². The smallest absolute Gasteiger partial charge is 0.270 e. The van der Waals surface area contributed by atoms with Crippen LogP contribution in [0.3, 0.4) is 0 Å². The Morgan fingerprint density at radius 2 is 2.11 bits per heavy atom. The number of benzene rings is 1. The molecule has 0 unspecified atom stereocenters. The van der Waals surface area contributed by atoms with Gasteiger partial charge in [-0.2, -0.15) is 5.10 Å². The van der Waals surface area contributed by atoms with Gasteiger partial charge < -0.3 is 25.4 Å². The molecule has 0 saturated carbocycles. The van der Waals surface area contributed by atoms with E-state index in [0.29, 0.717) is 17.1 Å². The Morgan fingerprint density at radius 3 is 2.86 bits per heavy atom. The van der Waals surface area contributed by atoms with Crippen LogP contribution in [0.25, 0.3) is 5.65 Å². The maximum atomic E-state index is 13.0. The number of carbonyl (C=O) groups excluding carboxylic acids is 2. The lowest BCUT2D eigenvalue weighted by atomic mass is 10.1. The summed E-state index contributed by atoms with van der Waals surface area (Å²) in [5.41, 5.74) is 2.55. The third-order valence-electron chi connectivity index (χ3n) is 4.98. The van der Waals surface area contributed by atoms with E-state index >= 15 is 0 Å². The molecule has 1 aromatic carbocycles. The first-order chi connectivity index (χ1) is 16.5. The zero-order chi connectivity index (χ0) is 25.3. The van der Waals surface area contributed by atoms with Gasteiger partial charge in [0.25, 0.3) is 11.8 Å². The molecule has 1 aliphatic heterocycles. The van der Waals surface area contributed by atoms with Crippen molar-refractivity contribution in [3.63, 3.8) is 0 Å². The number of aromatic nitrogens is 3. The second-order valence-corrected chi connectivity index (χ2v) is 9.17. The number of rotatable bonds is 6. The molecule has 1 aliphatic rings. The number of anilines is 1. The van der Waals surface area contributed by atoms with Gasteiger partial charge in [0, 0.05) is 23.7 Å². The number of nitrogens with one attached hydrogen (secondary N) is 4. The van der Waals surface area contributed by atoms with Crippen LogP contribution in [0.2, 0.25) is 0 Å². The van der Waals surface area contributed by atoms with E-state index in [0.717, 1.165) is 11.1 Å². The SMILES string of the molecule is C=C(NC(C)(C)C)OC(=N)c1cc(C(=O)NCc2ccc3c(c2)NC(=O)CO3)nc2c(C)cnn12. The van der Waals surface area contributed by atoms with Crippen LogP contribution in [0.15, 0.2) is 42.9 Å². The third-order valence-corrected chi connectivity index (χ3v) is 4.98. The number of aryl methyl sites for hydroxylation is 1. The van der Waals surface area contributed by atoms with Crippen LogP contribution in [-0.2, 0) is 16.1 Å². The zero-order valence-corrected chi connectivity index (χ0v) is 20.0. The monoisotopic (exact) mass is 477 g/mol. The van der Waals surface area contributed by atoms with Crippen molar-refractivity contribution in [3.05, 3.63) is 65.4 Å². The van der Waals surface area contributed by atoms with Crippen molar-refractivity contribution in [2.75, 3.05) is 11.9 Å². The minimum Gasteiger partial charge on any atom is -0.482 e. The van der Waals surface area contributed by atoms with Crippen molar-refractivity contribution in [1.29, 1.82) is 5.41 Å². The highest BCUT2D eigenvalue weighted by molar-refractivity contribution is 5.98. The summed E-state index contributed by atoms with van der Waals surface area (Å²) >= 11 is 0. The quantitative estimate of drug-likeness (QED) is 0.243. The van der Waals surface area contributed by atoms with Gasteiger partial charge in [0.05, 0.1) is 11.9 Å². The Labute approximate surface area is 202 Å². The molecule has 2 aromatic heterocycles. The number of carbonyl (C=O) groups is 2. The summed E-state index contributed by atoms with van der Waals surface area (Å²) in [6.07, 6.45) is 1.60. The minimum atomic E-state index is -0.438. The molecule has 3 aromatic rings. The van der Waals surface area contributed by atoms with Gasteiger partial charge in [0.1, 0.15) is 17.1 Å². The first-order valence-corrected chi connectivity index (χ1v) is 10.9. The average Bonchev–Trinajstić information content (AvgIpc) is 3.15. The highest BCUT2D eigenvalue weighted by Crippen LogP contribution is 2.28. The summed E-state index contributed by atoms with van der Waals surface area (Å²) in [6.45, 7) is 11.6. The third kappa shape index (κ3) is 5.40.